The molecular weight excluding hydrogens is 485 g/mol. The maximum absolute atomic E-state index is 13.1. The van der Waals surface area contributed by atoms with Gasteiger partial charge in [0, 0.05) is 22.9 Å². The molecule has 2 amide bonds. The number of furan rings is 1. The highest BCUT2D eigenvalue weighted by atomic mass is 19.4. The summed E-state index contributed by atoms with van der Waals surface area (Å²) in [6, 6.07) is 24.0. The lowest BCUT2D eigenvalue weighted by Crippen LogP contribution is -2.30. The van der Waals surface area contributed by atoms with Crippen molar-refractivity contribution in [1.29, 1.82) is 0 Å². The Morgan fingerprint density at radius 3 is 2.19 bits per heavy atom. The summed E-state index contributed by atoms with van der Waals surface area (Å²) < 4.78 is 46.9. The van der Waals surface area contributed by atoms with Crippen molar-refractivity contribution < 1.29 is 31.9 Å². The molecular formula is C28H21F3N2O4. The molecule has 3 aromatic carbocycles. The van der Waals surface area contributed by atoms with Crippen LogP contribution in [0.4, 0.5) is 18.9 Å². The molecule has 0 saturated heterocycles. The lowest BCUT2D eigenvalue weighted by molar-refractivity contribution is -0.274. The van der Waals surface area contributed by atoms with E-state index in [1.54, 1.807) is 42.5 Å². The summed E-state index contributed by atoms with van der Waals surface area (Å²) in [6.07, 6.45) is -3.46. The van der Waals surface area contributed by atoms with Gasteiger partial charge in [-0.05, 0) is 55.5 Å². The fourth-order valence-electron chi connectivity index (χ4n) is 3.33. The second-order valence-corrected chi connectivity index (χ2v) is 7.97. The average Bonchev–Trinajstić information content (AvgIpc) is 3.33. The second-order valence-electron chi connectivity index (χ2n) is 7.97. The first kappa shape index (κ1) is 25.3. The van der Waals surface area contributed by atoms with Gasteiger partial charge in [-0.3, -0.25) is 9.59 Å². The van der Waals surface area contributed by atoms with Crippen LogP contribution in [0.3, 0.4) is 0 Å². The van der Waals surface area contributed by atoms with Crippen LogP contribution in [0.2, 0.25) is 0 Å². The van der Waals surface area contributed by atoms with E-state index in [9.17, 15) is 22.8 Å². The Balaban J connectivity index is 1.58. The third kappa shape index (κ3) is 7.11. The monoisotopic (exact) mass is 506 g/mol. The van der Waals surface area contributed by atoms with E-state index in [0.717, 1.165) is 23.3 Å². The van der Waals surface area contributed by atoms with Crippen molar-refractivity contribution in [1.82, 2.24) is 5.32 Å². The molecule has 0 unspecified atom stereocenters. The highest BCUT2D eigenvalue weighted by Gasteiger charge is 2.31. The number of aryl methyl sites for hydroxylation is 1. The summed E-state index contributed by atoms with van der Waals surface area (Å²) in [6.45, 7) is 1.97. The molecule has 0 bridgehead atoms. The molecule has 37 heavy (non-hydrogen) atoms. The van der Waals surface area contributed by atoms with Crippen LogP contribution < -0.4 is 15.4 Å². The summed E-state index contributed by atoms with van der Waals surface area (Å²) in [5, 5.41) is 5.13. The maximum atomic E-state index is 13.1. The predicted octanol–water partition coefficient (Wildman–Crippen LogP) is 6.56. The maximum Gasteiger partial charge on any atom is 0.573 e. The zero-order valence-corrected chi connectivity index (χ0v) is 19.5. The van der Waals surface area contributed by atoms with Crippen LogP contribution >= 0.6 is 0 Å². The number of rotatable bonds is 7. The number of benzene rings is 3. The predicted molar refractivity (Wildman–Crippen MR) is 133 cm³/mol. The normalized spacial score (nSPS) is 11.6. The minimum atomic E-state index is -4.83. The van der Waals surface area contributed by atoms with E-state index < -0.39 is 23.9 Å². The van der Waals surface area contributed by atoms with Crippen molar-refractivity contribution in [3.63, 3.8) is 0 Å². The molecule has 0 atom stereocenters. The fraction of sp³-hybridized carbons (Fsp3) is 0.0714. The Bertz CT molecular complexity index is 1410. The first-order valence-corrected chi connectivity index (χ1v) is 11.1. The summed E-state index contributed by atoms with van der Waals surface area (Å²) in [4.78, 5) is 25.8. The van der Waals surface area contributed by atoms with Gasteiger partial charge < -0.3 is 19.8 Å². The molecule has 0 radical (unpaired) electrons. The Morgan fingerprint density at radius 2 is 1.54 bits per heavy atom. The Hall–Kier alpha value is -4.79. The molecule has 0 saturated carbocycles. The highest BCUT2D eigenvalue weighted by Crippen LogP contribution is 2.25. The standard InChI is InChI=1S/C28H21F3N2O4/c1-18-7-9-19(10-8-18)25-16-15-23(36-25)17-24(33-26(34)20-5-3-2-4-6-20)27(35)32-21-11-13-22(14-12-21)37-28(29,30)31/h2-17H,1H3,(H,32,35)(H,33,34). The number of carbonyl (C=O) groups is 2. The number of halogens is 3. The van der Waals surface area contributed by atoms with Crippen LogP contribution in [-0.2, 0) is 4.79 Å². The summed E-state index contributed by atoms with van der Waals surface area (Å²) in [5.74, 6) is -0.787. The van der Waals surface area contributed by atoms with Gasteiger partial charge >= 0.3 is 6.36 Å². The quantitative estimate of drug-likeness (QED) is 0.278. The van der Waals surface area contributed by atoms with Gasteiger partial charge in [0.2, 0.25) is 0 Å². The highest BCUT2D eigenvalue weighted by molar-refractivity contribution is 6.10. The van der Waals surface area contributed by atoms with Crippen LogP contribution in [0.25, 0.3) is 17.4 Å². The molecule has 0 aliphatic rings. The molecule has 0 aliphatic carbocycles. The van der Waals surface area contributed by atoms with Gasteiger partial charge in [0.05, 0.1) is 0 Å². The summed E-state index contributed by atoms with van der Waals surface area (Å²) in [5.41, 5.74) is 2.32. The van der Waals surface area contributed by atoms with E-state index in [1.807, 2.05) is 31.2 Å². The molecule has 0 aliphatic heterocycles. The topological polar surface area (TPSA) is 80.6 Å². The number of anilines is 1. The first-order valence-electron chi connectivity index (χ1n) is 11.1. The molecule has 4 rings (SSSR count). The third-order valence-electron chi connectivity index (χ3n) is 5.12. The van der Waals surface area contributed by atoms with E-state index in [0.29, 0.717) is 17.1 Å². The molecule has 4 aromatic rings. The van der Waals surface area contributed by atoms with Gasteiger partial charge in [0.15, 0.2) is 0 Å². The number of hydrogen-bond donors (Lipinski definition) is 2. The van der Waals surface area contributed by atoms with Gasteiger partial charge in [-0.2, -0.15) is 0 Å². The molecule has 2 N–H and O–H groups in total. The van der Waals surface area contributed by atoms with Crippen LogP contribution in [0.1, 0.15) is 21.7 Å². The minimum absolute atomic E-state index is 0.130. The molecule has 1 aromatic heterocycles. The average molecular weight is 506 g/mol. The van der Waals surface area contributed by atoms with E-state index in [4.69, 9.17) is 4.42 Å². The smallest absolute Gasteiger partial charge is 0.457 e. The Morgan fingerprint density at radius 1 is 0.865 bits per heavy atom. The van der Waals surface area contributed by atoms with Crippen molar-refractivity contribution in [2.45, 2.75) is 13.3 Å². The van der Waals surface area contributed by atoms with Gasteiger partial charge in [-0.25, -0.2) is 0 Å². The SMILES string of the molecule is Cc1ccc(-c2ccc(C=C(NC(=O)c3ccccc3)C(=O)Nc3ccc(OC(F)(F)F)cc3)o2)cc1. The Kier molecular flexibility index (Phi) is 7.43. The number of amides is 2. The molecule has 0 spiro atoms. The van der Waals surface area contributed by atoms with E-state index >= 15 is 0 Å². The van der Waals surface area contributed by atoms with Crippen molar-refractivity contribution in [2.24, 2.45) is 0 Å². The first-order chi connectivity index (χ1) is 17.7. The minimum Gasteiger partial charge on any atom is -0.457 e. The number of nitrogens with one attached hydrogen (secondary N) is 2. The van der Waals surface area contributed by atoms with Crippen LogP contribution in [0.5, 0.6) is 5.75 Å². The number of alkyl halides is 3. The van der Waals surface area contributed by atoms with E-state index in [-0.39, 0.29) is 11.4 Å². The number of hydrogen-bond acceptors (Lipinski definition) is 4. The van der Waals surface area contributed by atoms with Gasteiger partial charge in [0.25, 0.3) is 11.8 Å². The van der Waals surface area contributed by atoms with Crippen molar-refractivity contribution >= 4 is 23.6 Å². The molecule has 6 nitrogen and oxygen atoms in total. The zero-order valence-electron chi connectivity index (χ0n) is 19.5. The number of carbonyl (C=O) groups excluding carboxylic acids is 2. The van der Waals surface area contributed by atoms with E-state index in [1.165, 1.54) is 18.2 Å². The molecule has 0 fully saturated rings. The van der Waals surface area contributed by atoms with Crippen molar-refractivity contribution in [3.8, 4) is 17.1 Å². The number of ether oxygens (including phenoxy) is 1. The summed E-state index contributed by atoms with van der Waals surface area (Å²) in [7, 11) is 0. The fourth-order valence-corrected chi connectivity index (χ4v) is 3.33. The molecule has 9 heteroatoms. The second kappa shape index (κ2) is 10.9. The zero-order chi connectivity index (χ0) is 26.4. The Labute approximate surface area is 210 Å². The van der Waals surface area contributed by atoms with Crippen LogP contribution in [0.15, 0.2) is 101 Å². The van der Waals surface area contributed by atoms with Gasteiger partial charge in [0.1, 0.15) is 23.0 Å². The van der Waals surface area contributed by atoms with Crippen molar-refractivity contribution in [3.05, 3.63) is 114 Å². The van der Waals surface area contributed by atoms with Crippen LogP contribution in [0, 0.1) is 6.92 Å². The van der Waals surface area contributed by atoms with E-state index in [2.05, 4.69) is 15.4 Å². The lowest BCUT2D eigenvalue weighted by atomic mass is 10.1. The third-order valence-corrected chi connectivity index (χ3v) is 5.12. The largest absolute Gasteiger partial charge is 0.573 e. The lowest BCUT2D eigenvalue weighted by Gasteiger charge is -2.12. The van der Waals surface area contributed by atoms with Gasteiger partial charge in [-0.15, -0.1) is 13.2 Å². The van der Waals surface area contributed by atoms with Gasteiger partial charge in [-0.1, -0.05) is 48.0 Å². The van der Waals surface area contributed by atoms with Crippen molar-refractivity contribution in [2.75, 3.05) is 5.32 Å². The van der Waals surface area contributed by atoms with Crippen LogP contribution in [-0.4, -0.2) is 18.2 Å². The molecule has 188 valence electrons. The molecule has 1 heterocycles. The summed E-state index contributed by atoms with van der Waals surface area (Å²) >= 11 is 0.